The fourth-order valence-electron chi connectivity index (χ4n) is 5.48. The Labute approximate surface area is 236 Å². The highest BCUT2D eigenvalue weighted by atomic mass is 16.3. The van der Waals surface area contributed by atoms with E-state index < -0.39 is 0 Å². The van der Waals surface area contributed by atoms with E-state index in [9.17, 15) is 0 Å². The Balaban J connectivity index is 1.32. The van der Waals surface area contributed by atoms with Gasteiger partial charge in [-0.1, -0.05) is 121 Å². The fourth-order valence-corrected chi connectivity index (χ4v) is 5.48. The number of nitrogens with zero attached hydrogens (tertiary/aromatic N) is 3. The van der Waals surface area contributed by atoms with Crippen molar-refractivity contribution >= 4 is 32.7 Å². The summed E-state index contributed by atoms with van der Waals surface area (Å²) in [6.07, 6.45) is 0. The van der Waals surface area contributed by atoms with Gasteiger partial charge in [0.2, 0.25) is 0 Å². The molecule has 0 radical (unpaired) electrons. The molecule has 0 saturated heterocycles. The van der Waals surface area contributed by atoms with Crippen LogP contribution in [-0.4, -0.2) is 15.0 Å². The maximum atomic E-state index is 6.23. The lowest BCUT2D eigenvalue weighted by Crippen LogP contribution is -2.00. The molecule has 0 aliphatic rings. The van der Waals surface area contributed by atoms with Crippen LogP contribution in [0.2, 0.25) is 0 Å². The van der Waals surface area contributed by atoms with E-state index in [1.54, 1.807) is 0 Å². The van der Waals surface area contributed by atoms with Crippen LogP contribution in [0.4, 0.5) is 0 Å². The molecule has 0 saturated carbocycles. The number of hydrogen-bond acceptors (Lipinski definition) is 4. The number of furan rings is 1. The fraction of sp³-hybridized carbons (Fsp3) is 0. The SMILES string of the molecule is c1ccc(-c2ccc(-c3nc(-c4ccccc4)nc(-c4cccc5cc6c(cc45)oc4ccccc46)n3)cc2)cc1. The second kappa shape index (κ2) is 9.54. The van der Waals surface area contributed by atoms with Gasteiger partial charge < -0.3 is 4.42 Å². The maximum Gasteiger partial charge on any atom is 0.164 e. The molecule has 0 N–H and O–H groups in total. The van der Waals surface area contributed by atoms with Gasteiger partial charge in [-0.25, -0.2) is 15.0 Å². The average Bonchev–Trinajstić information content (AvgIpc) is 3.41. The molecule has 0 aliphatic carbocycles. The van der Waals surface area contributed by atoms with E-state index in [2.05, 4.69) is 84.9 Å². The summed E-state index contributed by atoms with van der Waals surface area (Å²) in [5.41, 5.74) is 6.87. The van der Waals surface area contributed by atoms with Crippen LogP contribution in [0.5, 0.6) is 0 Å². The van der Waals surface area contributed by atoms with Crippen molar-refractivity contribution in [2.24, 2.45) is 0 Å². The molecule has 8 rings (SSSR count). The lowest BCUT2D eigenvalue weighted by Gasteiger charge is -2.11. The molecule has 0 atom stereocenters. The monoisotopic (exact) mass is 525 g/mol. The number of aromatic nitrogens is 3. The highest BCUT2D eigenvalue weighted by Crippen LogP contribution is 2.36. The highest BCUT2D eigenvalue weighted by Gasteiger charge is 2.16. The summed E-state index contributed by atoms with van der Waals surface area (Å²) in [4.78, 5) is 14.9. The molecule has 0 spiro atoms. The van der Waals surface area contributed by atoms with Crippen molar-refractivity contribution in [3.05, 3.63) is 140 Å². The number of fused-ring (bicyclic) bond motifs is 4. The molecule has 8 aromatic rings. The first-order chi connectivity index (χ1) is 20.3. The minimum Gasteiger partial charge on any atom is -0.456 e. The summed E-state index contributed by atoms with van der Waals surface area (Å²) in [7, 11) is 0. The van der Waals surface area contributed by atoms with Crippen molar-refractivity contribution in [3.8, 4) is 45.3 Å². The lowest BCUT2D eigenvalue weighted by atomic mass is 10.0. The smallest absolute Gasteiger partial charge is 0.164 e. The second-order valence-electron chi connectivity index (χ2n) is 10.1. The molecular weight excluding hydrogens is 502 g/mol. The summed E-state index contributed by atoms with van der Waals surface area (Å²) in [6.45, 7) is 0. The standard InChI is InChI=1S/C37H23N3O/c1-3-10-24(11-4-1)25-18-20-27(21-19-25)36-38-35(26-12-5-2-6-13-26)39-37(40-36)30-16-9-14-28-22-32-29-15-7-8-17-33(29)41-34(32)23-31(28)30/h1-23H. The van der Waals surface area contributed by atoms with E-state index in [0.717, 1.165) is 55.0 Å². The predicted octanol–water partition coefficient (Wildman–Crippen LogP) is 9.59. The van der Waals surface area contributed by atoms with Gasteiger partial charge in [0.25, 0.3) is 0 Å². The summed E-state index contributed by atoms with van der Waals surface area (Å²) in [5.74, 6) is 1.90. The van der Waals surface area contributed by atoms with Crippen LogP contribution < -0.4 is 0 Å². The number of rotatable bonds is 4. The van der Waals surface area contributed by atoms with Gasteiger partial charge in [0.15, 0.2) is 17.5 Å². The Morgan fingerprint density at radius 1 is 0.366 bits per heavy atom. The number of hydrogen-bond donors (Lipinski definition) is 0. The Morgan fingerprint density at radius 3 is 1.71 bits per heavy atom. The van der Waals surface area contributed by atoms with E-state index >= 15 is 0 Å². The molecule has 0 fully saturated rings. The molecule has 0 amide bonds. The zero-order chi connectivity index (χ0) is 27.2. The first kappa shape index (κ1) is 23.3. The zero-order valence-electron chi connectivity index (χ0n) is 22.0. The molecule has 192 valence electrons. The highest BCUT2D eigenvalue weighted by molar-refractivity contribution is 6.12. The molecular formula is C37H23N3O. The van der Waals surface area contributed by atoms with Crippen molar-refractivity contribution < 1.29 is 4.42 Å². The molecule has 41 heavy (non-hydrogen) atoms. The maximum absolute atomic E-state index is 6.23. The first-order valence-corrected chi connectivity index (χ1v) is 13.6. The van der Waals surface area contributed by atoms with E-state index in [-0.39, 0.29) is 0 Å². The van der Waals surface area contributed by atoms with Gasteiger partial charge in [0, 0.05) is 27.5 Å². The van der Waals surface area contributed by atoms with Crippen LogP contribution >= 0.6 is 0 Å². The van der Waals surface area contributed by atoms with E-state index in [0.29, 0.717) is 17.5 Å². The number of benzene rings is 6. The lowest BCUT2D eigenvalue weighted by molar-refractivity contribution is 0.669. The Hall–Kier alpha value is -5.61. The summed E-state index contributed by atoms with van der Waals surface area (Å²) >= 11 is 0. The van der Waals surface area contributed by atoms with Crippen LogP contribution in [0, 0.1) is 0 Å². The topological polar surface area (TPSA) is 51.8 Å². The molecule has 2 aromatic heterocycles. The van der Waals surface area contributed by atoms with Gasteiger partial charge >= 0.3 is 0 Å². The third-order valence-corrected chi connectivity index (χ3v) is 7.54. The minimum absolute atomic E-state index is 0.627. The van der Waals surface area contributed by atoms with E-state index in [1.807, 2.05) is 54.6 Å². The van der Waals surface area contributed by atoms with Gasteiger partial charge in [-0.05, 0) is 40.1 Å². The molecule has 0 unspecified atom stereocenters. The van der Waals surface area contributed by atoms with E-state index in [1.165, 1.54) is 5.56 Å². The van der Waals surface area contributed by atoms with Crippen molar-refractivity contribution in [2.45, 2.75) is 0 Å². The van der Waals surface area contributed by atoms with Gasteiger partial charge in [-0.3, -0.25) is 0 Å². The van der Waals surface area contributed by atoms with Gasteiger partial charge in [0.05, 0.1) is 0 Å². The van der Waals surface area contributed by atoms with Crippen LogP contribution in [0.15, 0.2) is 144 Å². The zero-order valence-corrected chi connectivity index (χ0v) is 22.0. The van der Waals surface area contributed by atoms with E-state index in [4.69, 9.17) is 19.4 Å². The van der Waals surface area contributed by atoms with Gasteiger partial charge in [-0.2, -0.15) is 0 Å². The normalized spacial score (nSPS) is 11.4. The second-order valence-corrected chi connectivity index (χ2v) is 10.1. The first-order valence-electron chi connectivity index (χ1n) is 13.6. The largest absolute Gasteiger partial charge is 0.456 e. The quantitative estimate of drug-likeness (QED) is 0.230. The predicted molar refractivity (Wildman–Crippen MR) is 166 cm³/mol. The van der Waals surface area contributed by atoms with Crippen molar-refractivity contribution in [2.75, 3.05) is 0 Å². The van der Waals surface area contributed by atoms with Crippen LogP contribution in [0.3, 0.4) is 0 Å². The molecule has 6 aromatic carbocycles. The molecule has 0 aliphatic heterocycles. The third kappa shape index (κ3) is 4.14. The van der Waals surface area contributed by atoms with Crippen molar-refractivity contribution in [3.63, 3.8) is 0 Å². The minimum atomic E-state index is 0.627. The van der Waals surface area contributed by atoms with Gasteiger partial charge in [0.1, 0.15) is 11.2 Å². The Bertz CT molecular complexity index is 2180. The van der Waals surface area contributed by atoms with Crippen LogP contribution in [0.25, 0.3) is 78.0 Å². The van der Waals surface area contributed by atoms with Gasteiger partial charge in [-0.15, -0.1) is 0 Å². The summed E-state index contributed by atoms with van der Waals surface area (Å²) in [5, 5.41) is 4.36. The molecule has 4 nitrogen and oxygen atoms in total. The van der Waals surface area contributed by atoms with Crippen molar-refractivity contribution in [1.29, 1.82) is 0 Å². The molecule has 2 heterocycles. The van der Waals surface area contributed by atoms with Crippen LogP contribution in [-0.2, 0) is 0 Å². The molecule has 4 heteroatoms. The van der Waals surface area contributed by atoms with Crippen LogP contribution in [0.1, 0.15) is 0 Å². The average molecular weight is 526 g/mol. The Morgan fingerprint density at radius 2 is 0.951 bits per heavy atom. The summed E-state index contributed by atoms with van der Waals surface area (Å²) < 4.78 is 6.23. The third-order valence-electron chi connectivity index (χ3n) is 7.54. The number of para-hydroxylation sites is 1. The Kier molecular flexibility index (Phi) is 5.42. The molecule has 0 bridgehead atoms. The van der Waals surface area contributed by atoms with Crippen molar-refractivity contribution in [1.82, 2.24) is 15.0 Å². The summed E-state index contributed by atoms with van der Waals surface area (Å²) in [6, 6.07) is 47.5.